The van der Waals surface area contributed by atoms with Crippen LogP contribution in [0, 0.1) is 0 Å². The summed E-state index contributed by atoms with van der Waals surface area (Å²) in [5.41, 5.74) is 8.89. The summed E-state index contributed by atoms with van der Waals surface area (Å²) < 4.78 is 0. The van der Waals surface area contributed by atoms with Gasteiger partial charge >= 0.3 is 6.03 Å². The number of nitrogen functional groups attached to an aromatic ring is 1. The van der Waals surface area contributed by atoms with E-state index in [1.165, 1.54) is 0 Å². The standard InChI is InChI=1S/C16H22N4O2/c1-10(15(21)19-16(22)18-11-7-8-11)20-9-3-4-12-13(17)5-2-6-14(12)20/h2,5-6,10-11H,3-4,7-9,17H2,1H3,(H2,18,19,21,22). The molecule has 3 amide bonds. The van der Waals surface area contributed by atoms with Crippen molar-refractivity contribution >= 4 is 23.3 Å². The summed E-state index contributed by atoms with van der Waals surface area (Å²) in [5, 5.41) is 5.19. The van der Waals surface area contributed by atoms with Crippen LogP contribution in [-0.2, 0) is 11.2 Å². The zero-order valence-corrected chi connectivity index (χ0v) is 12.8. The molecule has 6 nitrogen and oxygen atoms in total. The predicted octanol–water partition coefficient (Wildman–Crippen LogP) is 1.40. The van der Waals surface area contributed by atoms with Gasteiger partial charge in [-0.15, -0.1) is 0 Å². The molecule has 1 atom stereocenters. The van der Waals surface area contributed by atoms with Crippen LogP contribution >= 0.6 is 0 Å². The molecule has 0 spiro atoms. The zero-order valence-electron chi connectivity index (χ0n) is 12.8. The molecule has 0 radical (unpaired) electrons. The van der Waals surface area contributed by atoms with Gasteiger partial charge in [0.1, 0.15) is 6.04 Å². The monoisotopic (exact) mass is 302 g/mol. The lowest BCUT2D eigenvalue weighted by atomic mass is 9.98. The lowest BCUT2D eigenvalue weighted by Crippen LogP contribution is -2.51. The number of nitrogens with two attached hydrogens (primary N) is 1. The maximum Gasteiger partial charge on any atom is 0.321 e. The van der Waals surface area contributed by atoms with Crippen LogP contribution in [0.3, 0.4) is 0 Å². The molecule has 1 unspecified atom stereocenters. The smallest absolute Gasteiger partial charge is 0.321 e. The number of nitrogens with one attached hydrogen (secondary N) is 2. The molecule has 1 heterocycles. The Morgan fingerprint density at radius 3 is 2.86 bits per heavy atom. The van der Waals surface area contributed by atoms with Crippen molar-refractivity contribution in [2.45, 2.75) is 44.7 Å². The molecule has 118 valence electrons. The lowest BCUT2D eigenvalue weighted by Gasteiger charge is -2.35. The Bertz CT molecular complexity index is 598. The fourth-order valence-corrected chi connectivity index (χ4v) is 2.89. The summed E-state index contributed by atoms with van der Waals surface area (Å²) in [6, 6.07) is 5.19. The number of anilines is 2. The minimum Gasteiger partial charge on any atom is -0.398 e. The number of hydrogen-bond donors (Lipinski definition) is 3. The molecule has 6 heteroatoms. The molecule has 1 aromatic carbocycles. The molecule has 1 fully saturated rings. The average molecular weight is 302 g/mol. The van der Waals surface area contributed by atoms with Crippen molar-refractivity contribution < 1.29 is 9.59 Å². The van der Waals surface area contributed by atoms with Crippen molar-refractivity contribution in [3.8, 4) is 0 Å². The second-order valence-electron chi connectivity index (χ2n) is 6.05. The highest BCUT2D eigenvalue weighted by Gasteiger charge is 2.29. The van der Waals surface area contributed by atoms with Crippen LogP contribution in [0.5, 0.6) is 0 Å². The van der Waals surface area contributed by atoms with Crippen molar-refractivity contribution in [2.24, 2.45) is 0 Å². The molecule has 2 aliphatic rings. The number of carbonyl (C=O) groups is 2. The highest BCUT2D eigenvalue weighted by molar-refractivity contribution is 5.98. The number of amides is 3. The lowest BCUT2D eigenvalue weighted by molar-refractivity contribution is -0.121. The first-order valence-electron chi connectivity index (χ1n) is 7.81. The number of benzene rings is 1. The van der Waals surface area contributed by atoms with Gasteiger partial charge in [-0.25, -0.2) is 4.79 Å². The van der Waals surface area contributed by atoms with Gasteiger partial charge in [-0.05, 0) is 50.3 Å². The van der Waals surface area contributed by atoms with Gasteiger partial charge in [-0.1, -0.05) is 6.07 Å². The molecule has 0 aromatic heterocycles. The molecular formula is C16H22N4O2. The van der Waals surface area contributed by atoms with E-state index in [0.29, 0.717) is 0 Å². The quantitative estimate of drug-likeness (QED) is 0.737. The van der Waals surface area contributed by atoms with Gasteiger partial charge in [0.15, 0.2) is 0 Å². The normalized spacial score (nSPS) is 18.3. The molecule has 1 aliphatic heterocycles. The minimum atomic E-state index is -0.411. The Morgan fingerprint density at radius 2 is 2.14 bits per heavy atom. The molecule has 1 aromatic rings. The topological polar surface area (TPSA) is 87.5 Å². The molecule has 1 saturated carbocycles. The number of urea groups is 1. The van der Waals surface area contributed by atoms with E-state index in [0.717, 1.165) is 49.2 Å². The van der Waals surface area contributed by atoms with Crippen LogP contribution in [-0.4, -0.2) is 30.6 Å². The minimum absolute atomic E-state index is 0.235. The number of rotatable bonds is 3. The van der Waals surface area contributed by atoms with E-state index >= 15 is 0 Å². The molecule has 0 bridgehead atoms. The van der Waals surface area contributed by atoms with E-state index < -0.39 is 12.1 Å². The Morgan fingerprint density at radius 1 is 1.36 bits per heavy atom. The van der Waals surface area contributed by atoms with E-state index in [9.17, 15) is 9.59 Å². The number of fused-ring (bicyclic) bond motifs is 1. The van der Waals surface area contributed by atoms with E-state index in [1.54, 1.807) is 0 Å². The fraction of sp³-hybridized carbons (Fsp3) is 0.500. The highest BCUT2D eigenvalue weighted by Crippen LogP contribution is 2.32. The van der Waals surface area contributed by atoms with Crippen LogP contribution in [0.15, 0.2) is 18.2 Å². The molecular weight excluding hydrogens is 280 g/mol. The third-order valence-corrected chi connectivity index (χ3v) is 4.32. The first kappa shape index (κ1) is 14.7. The Labute approximate surface area is 130 Å². The van der Waals surface area contributed by atoms with Crippen molar-refractivity contribution in [1.82, 2.24) is 10.6 Å². The summed E-state index contributed by atoms with van der Waals surface area (Å²) in [5.74, 6) is -0.284. The second-order valence-corrected chi connectivity index (χ2v) is 6.05. The van der Waals surface area contributed by atoms with Crippen LogP contribution in [0.2, 0.25) is 0 Å². The van der Waals surface area contributed by atoms with E-state index in [4.69, 9.17) is 5.73 Å². The Balaban J connectivity index is 1.69. The van der Waals surface area contributed by atoms with E-state index in [1.807, 2.05) is 30.0 Å². The van der Waals surface area contributed by atoms with E-state index in [2.05, 4.69) is 10.6 Å². The van der Waals surface area contributed by atoms with E-state index in [-0.39, 0.29) is 11.9 Å². The Kier molecular flexibility index (Phi) is 3.92. The van der Waals surface area contributed by atoms with Crippen molar-refractivity contribution in [2.75, 3.05) is 17.2 Å². The Hall–Kier alpha value is -2.24. The largest absolute Gasteiger partial charge is 0.398 e. The van der Waals surface area contributed by atoms with Crippen LogP contribution in [0.1, 0.15) is 31.7 Å². The van der Waals surface area contributed by atoms with Crippen molar-refractivity contribution in [1.29, 1.82) is 0 Å². The van der Waals surface area contributed by atoms with Crippen LogP contribution in [0.25, 0.3) is 0 Å². The van der Waals surface area contributed by atoms with Crippen LogP contribution < -0.4 is 21.3 Å². The third kappa shape index (κ3) is 3.00. The fourth-order valence-electron chi connectivity index (χ4n) is 2.89. The van der Waals surface area contributed by atoms with Gasteiger partial charge < -0.3 is 16.0 Å². The number of nitrogens with zero attached hydrogens (tertiary/aromatic N) is 1. The van der Waals surface area contributed by atoms with Crippen LogP contribution in [0.4, 0.5) is 16.2 Å². The highest BCUT2D eigenvalue weighted by atomic mass is 16.2. The van der Waals surface area contributed by atoms with Gasteiger partial charge in [-0.2, -0.15) is 0 Å². The summed E-state index contributed by atoms with van der Waals surface area (Å²) in [4.78, 5) is 26.0. The molecule has 3 rings (SSSR count). The summed E-state index contributed by atoms with van der Waals surface area (Å²) in [7, 11) is 0. The number of hydrogen-bond acceptors (Lipinski definition) is 4. The maximum atomic E-state index is 12.3. The van der Waals surface area contributed by atoms with Gasteiger partial charge in [0.05, 0.1) is 0 Å². The van der Waals surface area contributed by atoms with Gasteiger partial charge in [0.25, 0.3) is 0 Å². The zero-order chi connectivity index (χ0) is 15.7. The summed E-state index contributed by atoms with van der Waals surface area (Å²) in [6.45, 7) is 2.60. The van der Waals surface area contributed by atoms with Gasteiger partial charge in [-0.3, -0.25) is 10.1 Å². The van der Waals surface area contributed by atoms with Gasteiger partial charge in [0.2, 0.25) is 5.91 Å². The number of imide groups is 1. The molecule has 0 saturated heterocycles. The average Bonchev–Trinajstić information content (AvgIpc) is 3.30. The second kappa shape index (κ2) is 5.87. The molecule has 4 N–H and O–H groups in total. The number of carbonyl (C=O) groups excluding carboxylic acids is 2. The first-order chi connectivity index (χ1) is 10.6. The molecule has 22 heavy (non-hydrogen) atoms. The van der Waals surface area contributed by atoms with Crippen molar-refractivity contribution in [3.63, 3.8) is 0 Å². The van der Waals surface area contributed by atoms with Crippen molar-refractivity contribution in [3.05, 3.63) is 23.8 Å². The van der Waals surface area contributed by atoms with Gasteiger partial charge in [0, 0.05) is 24.0 Å². The molecule has 1 aliphatic carbocycles. The SMILES string of the molecule is CC(C(=O)NC(=O)NC1CC1)N1CCCc2c(N)cccc21. The summed E-state index contributed by atoms with van der Waals surface area (Å²) in [6.07, 6.45) is 3.87. The predicted molar refractivity (Wildman–Crippen MR) is 85.7 cm³/mol. The maximum absolute atomic E-state index is 12.3. The summed E-state index contributed by atoms with van der Waals surface area (Å²) >= 11 is 0. The first-order valence-corrected chi connectivity index (χ1v) is 7.81. The third-order valence-electron chi connectivity index (χ3n) is 4.32.